The Hall–Kier alpha value is -0.511. The molecule has 0 aliphatic carbocycles. The summed E-state index contributed by atoms with van der Waals surface area (Å²) in [5.41, 5.74) is 1.07. The van der Waals surface area contributed by atoms with Crippen molar-refractivity contribution >= 4 is 27.7 Å². The Morgan fingerprint density at radius 3 is 2.62 bits per heavy atom. The zero-order chi connectivity index (χ0) is 9.47. The van der Waals surface area contributed by atoms with Crippen LogP contribution in [-0.4, -0.2) is 27.8 Å². The van der Waals surface area contributed by atoms with Gasteiger partial charge >= 0.3 is 82.5 Å². The van der Waals surface area contributed by atoms with Crippen molar-refractivity contribution in [2.24, 2.45) is 0 Å². The van der Waals surface area contributed by atoms with Crippen molar-refractivity contribution in [3.05, 3.63) is 30.6 Å². The van der Waals surface area contributed by atoms with Crippen molar-refractivity contribution in [1.29, 1.82) is 0 Å². The summed E-state index contributed by atoms with van der Waals surface area (Å²) in [5.74, 6) is 0. The number of aromatic nitrogens is 2. The molecule has 2 nitrogen and oxygen atoms in total. The molecule has 0 bridgehead atoms. The van der Waals surface area contributed by atoms with Crippen LogP contribution in [0.1, 0.15) is 0 Å². The van der Waals surface area contributed by atoms with Gasteiger partial charge in [0.25, 0.3) is 0 Å². The molecule has 13 heavy (non-hydrogen) atoms. The van der Waals surface area contributed by atoms with Crippen molar-refractivity contribution in [2.45, 2.75) is 14.8 Å². The van der Waals surface area contributed by atoms with E-state index in [0.717, 1.165) is 5.65 Å². The third-order valence-corrected chi connectivity index (χ3v) is 7.21. The van der Waals surface area contributed by atoms with Gasteiger partial charge in [0.2, 0.25) is 0 Å². The molecule has 0 saturated carbocycles. The van der Waals surface area contributed by atoms with Crippen molar-refractivity contribution in [3.63, 3.8) is 0 Å². The van der Waals surface area contributed by atoms with Gasteiger partial charge in [-0.1, -0.05) is 0 Å². The standard InChI is InChI=1S/C7H5N2.3CH3.Sn/c1-2-5-9-6-4-8-7(9)3-1;;;;/h1-3,5-6H;3*1H3;. The van der Waals surface area contributed by atoms with Crippen LogP contribution in [0.15, 0.2) is 30.6 Å². The number of hydrogen-bond donors (Lipinski definition) is 0. The van der Waals surface area contributed by atoms with Crippen LogP contribution >= 0.6 is 0 Å². The quantitative estimate of drug-likeness (QED) is 0.729. The minimum absolute atomic E-state index is 1.07. The van der Waals surface area contributed by atoms with Crippen LogP contribution in [-0.2, 0) is 0 Å². The molecule has 0 fully saturated rings. The predicted octanol–water partition coefficient (Wildman–Crippen LogP) is 1.88. The number of nitrogens with zero attached hydrogens (tertiary/aromatic N) is 2. The van der Waals surface area contributed by atoms with Crippen LogP contribution in [0.4, 0.5) is 0 Å². The molecule has 2 aromatic heterocycles. The van der Waals surface area contributed by atoms with Crippen LogP contribution in [0.5, 0.6) is 0 Å². The fourth-order valence-electron chi connectivity index (χ4n) is 1.30. The Bertz CT molecular complexity index is 393. The summed E-state index contributed by atoms with van der Waals surface area (Å²) in [6.45, 7) is 0. The van der Waals surface area contributed by atoms with Crippen LogP contribution in [0.3, 0.4) is 0 Å². The summed E-state index contributed by atoms with van der Waals surface area (Å²) in [5, 5.41) is 0. The van der Waals surface area contributed by atoms with Gasteiger partial charge in [0.15, 0.2) is 0 Å². The average Bonchev–Trinajstić information content (AvgIpc) is 2.45. The first-order chi connectivity index (χ1) is 6.07. The zero-order valence-corrected chi connectivity index (χ0v) is 11.1. The molecular weight excluding hydrogens is 267 g/mol. The van der Waals surface area contributed by atoms with Crippen LogP contribution in [0.25, 0.3) is 5.65 Å². The average molecular weight is 281 g/mol. The molecule has 2 heterocycles. The van der Waals surface area contributed by atoms with Crippen LogP contribution in [0.2, 0.25) is 14.8 Å². The zero-order valence-electron chi connectivity index (χ0n) is 8.28. The van der Waals surface area contributed by atoms with Gasteiger partial charge in [-0.15, -0.1) is 0 Å². The van der Waals surface area contributed by atoms with Crippen molar-refractivity contribution in [2.75, 3.05) is 0 Å². The Morgan fingerprint density at radius 2 is 2.00 bits per heavy atom. The molecular formula is C10H14N2Sn. The van der Waals surface area contributed by atoms with Crippen molar-refractivity contribution in [3.8, 4) is 0 Å². The van der Waals surface area contributed by atoms with E-state index in [9.17, 15) is 0 Å². The molecule has 0 N–H and O–H groups in total. The first kappa shape index (κ1) is 9.06. The molecule has 0 aliphatic rings. The van der Waals surface area contributed by atoms with E-state index >= 15 is 0 Å². The van der Waals surface area contributed by atoms with Gasteiger partial charge in [0.05, 0.1) is 0 Å². The normalized spacial score (nSPS) is 12.2. The predicted molar refractivity (Wildman–Crippen MR) is 58.2 cm³/mol. The van der Waals surface area contributed by atoms with Crippen molar-refractivity contribution < 1.29 is 0 Å². The summed E-state index contributed by atoms with van der Waals surface area (Å²) in [4.78, 5) is 11.8. The van der Waals surface area contributed by atoms with E-state index in [1.807, 2.05) is 12.1 Å². The van der Waals surface area contributed by atoms with Crippen LogP contribution < -0.4 is 3.71 Å². The second-order valence-electron chi connectivity index (χ2n) is 4.34. The van der Waals surface area contributed by atoms with E-state index in [1.54, 1.807) is 0 Å². The van der Waals surface area contributed by atoms with E-state index in [1.165, 1.54) is 3.71 Å². The summed E-state index contributed by atoms with van der Waals surface area (Å²) >= 11 is -1.95. The van der Waals surface area contributed by atoms with Gasteiger partial charge in [-0.25, -0.2) is 0 Å². The van der Waals surface area contributed by atoms with Gasteiger partial charge < -0.3 is 0 Å². The third kappa shape index (κ3) is 1.72. The number of hydrogen-bond acceptors (Lipinski definition) is 1. The Balaban J connectivity index is 2.63. The van der Waals surface area contributed by atoms with Crippen molar-refractivity contribution in [1.82, 2.24) is 9.38 Å². The molecule has 0 amide bonds. The van der Waals surface area contributed by atoms with E-state index in [4.69, 9.17) is 0 Å². The third-order valence-electron chi connectivity index (χ3n) is 2.13. The summed E-state index contributed by atoms with van der Waals surface area (Å²) in [7, 11) is 0. The van der Waals surface area contributed by atoms with E-state index in [0.29, 0.717) is 0 Å². The fraction of sp³-hybridized carbons (Fsp3) is 0.300. The first-order valence-electron chi connectivity index (χ1n) is 4.51. The molecule has 0 radical (unpaired) electrons. The maximum atomic E-state index is 4.64. The van der Waals surface area contributed by atoms with Gasteiger partial charge in [0, 0.05) is 0 Å². The number of pyridine rings is 1. The Kier molecular flexibility index (Phi) is 2.10. The van der Waals surface area contributed by atoms with Crippen LogP contribution in [0, 0.1) is 0 Å². The van der Waals surface area contributed by atoms with E-state index in [-0.39, 0.29) is 0 Å². The van der Waals surface area contributed by atoms with Gasteiger partial charge in [-0.3, -0.25) is 0 Å². The van der Waals surface area contributed by atoms with E-state index in [2.05, 4.69) is 42.7 Å². The second kappa shape index (κ2) is 3.01. The molecule has 0 saturated heterocycles. The molecule has 0 aromatic carbocycles. The maximum absolute atomic E-state index is 4.64. The molecule has 2 aromatic rings. The summed E-state index contributed by atoms with van der Waals surface area (Å²) in [6.07, 6.45) is 4.24. The summed E-state index contributed by atoms with van der Waals surface area (Å²) < 4.78 is 3.46. The summed E-state index contributed by atoms with van der Waals surface area (Å²) in [6, 6.07) is 6.13. The van der Waals surface area contributed by atoms with Gasteiger partial charge in [0.1, 0.15) is 0 Å². The molecule has 2 rings (SSSR count). The second-order valence-corrected chi connectivity index (χ2v) is 18.6. The molecule has 3 heteroatoms. The van der Waals surface area contributed by atoms with E-state index < -0.39 is 18.4 Å². The number of imidazole rings is 1. The van der Waals surface area contributed by atoms with Gasteiger partial charge in [-0.2, -0.15) is 0 Å². The Labute approximate surface area is 82.5 Å². The topological polar surface area (TPSA) is 17.3 Å². The number of rotatable bonds is 1. The molecule has 0 aliphatic heterocycles. The first-order valence-corrected chi connectivity index (χ1v) is 14.5. The Morgan fingerprint density at radius 1 is 1.23 bits per heavy atom. The molecule has 68 valence electrons. The van der Waals surface area contributed by atoms with Gasteiger partial charge in [-0.05, 0) is 0 Å². The minimum atomic E-state index is -1.95. The number of fused-ring (bicyclic) bond motifs is 1. The molecule has 0 spiro atoms. The fourth-order valence-corrected chi connectivity index (χ4v) is 4.08. The monoisotopic (exact) mass is 282 g/mol. The molecule has 0 unspecified atom stereocenters. The molecule has 0 atom stereocenters. The SMILES string of the molecule is [CH3][Sn]([CH3])([CH3])[c]1cn2ccccc2n1.